The lowest BCUT2D eigenvalue weighted by molar-refractivity contribution is -0.125. The lowest BCUT2D eigenvalue weighted by atomic mass is 10.0. The van der Waals surface area contributed by atoms with Crippen molar-refractivity contribution in [3.05, 3.63) is 0 Å². The lowest BCUT2D eigenvalue weighted by Gasteiger charge is -2.34. The Labute approximate surface area is 133 Å². The fourth-order valence-corrected chi connectivity index (χ4v) is 3.30. The van der Waals surface area contributed by atoms with E-state index in [-0.39, 0.29) is 24.0 Å². The van der Waals surface area contributed by atoms with Crippen LogP contribution in [0.5, 0.6) is 0 Å². The van der Waals surface area contributed by atoms with Crippen LogP contribution in [-0.2, 0) is 9.53 Å². The largest absolute Gasteiger partial charge is 0.444 e. The van der Waals surface area contributed by atoms with Crippen LogP contribution in [0.2, 0.25) is 0 Å². The monoisotopic (exact) mass is 310 g/mol. The van der Waals surface area contributed by atoms with Gasteiger partial charge in [0, 0.05) is 25.0 Å². The van der Waals surface area contributed by atoms with Gasteiger partial charge in [-0.25, -0.2) is 4.79 Å². The summed E-state index contributed by atoms with van der Waals surface area (Å²) in [6.07, 6.45) is 4.57. The van der Waals surface area contributed by atoms with Gasteiger partial charge in [0.1, 0.15) is 5.60 Å². The maximum Gasteiger partial charge on any atom is 0.410 e. The average Bonchev–Trinajstić information content (AvgIpc) is 2.84. The molecule has 2 unspecified atom stereocenters. The summed E-state index contributed by atoms with van der Waals surface area (Å²) in [7, 11) is 0. The minimum Gasteiger partial charge on any atom is -0.444 e. The second kappa shape index (κ2) is 6.88. The summed E-state index contributed by atoms with van der Waals surface area (Å²) in [6, 6.07) is 0.196. The van der Waals surface area contributed by atoms with Gasteiger partial charge < -0.3 is 15.0 Å². The SMILES string of the molecule is CC1CCC(C(=O)NC2CCN(C(=O)OC(C)(C)C)CC2)C1. The van der Waals surface area contributed by atoms with E-state index in [1.54, 1.807) is 4.90 Å². The smallest absolute Gasteiger partial charge is 0.410 e. The van der Waals surface area contributed by atoms with Crippen LogP contribution in [0, 0.1) is 11.8 Å². The molecule has 0 aromatic carbocycles. The highest BCUT2D eigenvalue weighted by molar-refractivity contribution is 5.79. The van der Waals surface area contributed by atoms with Gasteiger partial charge in [-0.15, -0.1) is 0 Å². The zero-order valence-corrected chi connectivity index (χ0v) is 14.4. The van der Waals surface area contributed by atoms with Gasteiger partial charge >= 0.3 is 6.09 Å². The van der Waals surface area contributed by atoms with E-state index in [9.17, 15) is 9.59 Å². The number of hydrogen-bond acceptors (Lipinski definition) is 3. The van der Waals surface area contributed by atoms with E-state index in [1.165, 1.54) is 0 Å². The van der Waals surface area contributed by atoms with Gasteiger partial charge in [-0.2, -0.15) is 0 Å². The molecule has 2 rings (SSSR count). The summed E-state index contributed by atoms with van der Waals surface area (Å²) >= 11 is 0. The first kappa shape index (κ1) is 17.1. The normalized spacial score (nSPS) is 26.8. The zero-order valence-electron chi connectivity index (χ0n) is 14.4. The minimum absolute atomic E-state index is 0.193. The van der Waals surface area contributed by atoms with E-state index in [1.807, 2.05) is 20.8 Å². The van der Waals surface area contributed by atoms with Crippen LogP contribution in [0.15, 0.2) is 0 Å². The van der Waals surface area contributed by atoms with Crippen molar-refractivity contribution in [2.45, 2.75) is 71.4 Å². The van der Waals surface area contributed by atoms with Crippen molar-refractivity contribution in [3.63, 3.8) is 0 Å². The van der Waals surface area contributed by atoms with Crippen molar-refractivity contribution in [3.8, 4) is 0 Å². The standard InChI is InChI=1S/C17H30N2O3/c1-12-5-6-13(11-12)15(20)18-14-7-9-19(10-8-14)16(21)22-17(2,3)4/h12-14H,5-11H2,1-4H3,(H,18,20). The predicted molar refractivity (Wildman–Crippen MR) is 85.5 cm³/mol. The second-order valence-electron chi connectivity index (χ2n) is 7.87. The summed E-state index contributed by atoms with van der Waals surface area (Å²) in [6.45, 7) is 9.15. The molecule has 0 bridgehead atoms. The second-order valence-corrected chi connectivity index (χ2v) is 7.87. The van der Waals surface area contributed by atoms with Crippen LogP contribution in [0.25, 0.3) is 0 Å². The van der Waals surface area contributed by atoms with Gasteiger partial charge in [-0.1, -0.05) is 6.92 Å². The van der Waals surface area contributed by atoms with Crippen LogP contribution in [0.4, 0.5) is 4.79 Å². The molecular weight excluding hydrogens is 280 g/mol. The average molecular weight is 310 g/mol. The van der Waals surface area contributed by atoms with Crippen LogP contribution in [0.1, 0.15) is 59.8 Å². The number of hydrogen-bond donors (Lipinski definition) is 1. The Balaban J connectivity index is 1.73. The Morgan fingerprint density at radius 1 is 1.09 bits per heavy atom. The van der Waals surface area contributed by atoms with E-state index in [2.05, 4.69) is 12.2 Å². The van der Waals surface area contributed by atoms with Crippen LogP contribution in [0.3, 0.4) is 0 Å². The van der Waals surface area contributed by atoms with E-state index in [4.69, 9.17) is 4.74 Å². The molecule has 0 aromatic heterocycles. The molecule has 5 nitrogen and oxygen atoms in total. The molecule has 1 heterocycles. The maximum atomic E-state index is 12.2. The third kappa shape index (κ3) is 4.89. The highest BCUT2D eigenvalue weighted by atomic mass is 16.6. The molecule has 5 heteroatoms. The number of amides is 2. The number of nitrogens with zero attached hydrogens (tertiary/aromatic N) is 1. The first-order chi connectivity index (χ1) is 10.2. The molecule has 2 aliphatic rings. The van der Waals surface area contributed by atoms with Gasteiger partial charge in [-0.05, 0) is 58.8 Å². The molecule has 1 aliphatic heterocycles. The molecule has 126 valence electrons. The Kier molecular flexibility index (Phi) is 5.35. The third-order valence-electron chi connectivity index (χ3n) is 4.56. The van der Waals surface area contributed by atoms with Crippen LogP contribution >= 0.6 is 0 Å². The minimum atomic E-state index is -0.457. The molecule has 0 spiro atoms. The van der Waals surface area contributed by atoms with Gasteiger partial charge in [-0.3, -0.25) is 4.79 Å². The number of ether oxygens (including phenoxy) is 1. The molecule has 2 fully saturated rings. The highest BCUT2D eigenvalue weighted by Gasteiger charge is 2.31. The fraction of sp³-hybridized carbons (Fsp3) is 0.882. The summed E-state index contributed by atoms with van der Waals surface area (Å²) in [4.78, 5) is 26.0. The molecule has 1 N–H and O–H groups in total. The number of nitrogens with one attached hydrogen (secondary N) is 1. The van der Waals surface area contributed by atoms with Crippen molar-refractivity contribution in [1.82, 2.24) is 10.2 Å². The first-order valence-electron chi connectivity index (χ1n) is 8.53. The van der Waals surface area contributed by atoms with Crippen molar-refractivity contribution in [1.29, 1.82) is 0 Å². The number of piperidine rings is 1. The molecule has 2 atom stereocenters. The summed E-state index contributed by atoms with van der Waals surface area (Å²) in [5.74, 6) is 1.07. The van der Waals surface area contributed by atoms with Crippen molar-refractivity contribution in [2.24, 2.45) is 11.8 Å². The van der Waals surface area contributed by atoms with E-state index in [0.717, 1.165) is 32.1 Å². The Bertz CT molecular complexity index is 409. The van der Waals surface area contributed by atoms with Crippen LogP contribution in [-0.4, -0.2) is 41.6 Å². The molecular formula is C17H30N2O3. The molecule has 0 aromatic rings. The highest BCUT2D eigenvalue weighted by Crippen LogP contribution is 2.30. The predicted octanol–water partition coefficient (Wildman–Crippen LogP) is 2.94. The third-order valence-corrected chi connectivity index (χ3v) is 4.56. The van der Waals surface area contributed by atoms with E-state index >= 15 is 0 Å². The lowest BCUT2D eigenvalue weighted by Crippen LogP contribution is -2.48. The summed E-state index contributed by atoms with van der Waals surface area (Å²) in [5, 5.41) is 3.17. The molecule has 1 saturated carbocycles. The summed E-state index contributed by atoms with van der Waals surface area (Å²) < 4.78 is 5.39. The van der Waals surface area contributed by atoms with Gasteiger partial charge in [0.05, 0.1) is 0 Å². The molecule has 1 aliphatic carbocycles. The number of likely N-dealkylation sites (tertiary alicyclic amines) is 1. The molecule has 2 amide bonds. The van der Waals surface area contributed by atoms with Crippen molar-refractivity contribution in [2.75, 3.05) is 13.1 Å². The first-order valence-corrected chi connectivity index (χ1v) is 8.53. The van der Waals surface area contributed by atoms with Crippen molar-refractivity contribution < 1.29 is 14.3 Å². The Morgan fingerprint density at radius 2 is 1.73 bits per heavy atom. The molecule has 0 radical (unpaired) electrons. The molecule has 22 heavy (non-hydrogen) atoms. The fourth-order valence-electron chi connectivity index (χ4n) is 3.30. The van der Waals surface area contributed by atoms with E-state index < -0.39 is 5.60 Å². The quantitative estimate of drug-likeness (QED) is 0.853. The number of carbonyl (C=O) groups excluding carboxylic acids is 2. The molecule has 1 saturated heterocycles. The van der Waals surface area contributed by atoms with Crippen molar-refractivity contribution >= 4 is 12.0 Å². The number of carbonyl (C=O) groups is 2. The summed E-state index contributed by atoms with van der Waals surface area (Å²) in [5.41, 5.74) is -0.457. The van der Waals surface area contributed by atoms with Gasteiger partial charge in [0.2, 0.25) is 5.91 Å². The Morgan fingerprint density at radius 3 is 2.23 bits per heavy atom. The Hall–Kier alpha value is -1.26. The van der Waals surface area contributed by atoms with Gasteiger partial charge in [0.25, 0.3) is 0 Å². The topological polar surface area (TPSA) is 58.6 Å². The maximum absolute atomic E-state index is 12.2. The van der Waals surface area contributed by atoms with E-state index in [0.29, 0.717) is 19.0 Å². The van der Waals surface area contributed by atoms with Gasteiger partial charge in [0.15, 0.2) is 0 Å². The zero-order chi connectivity index (χ0) is 16.3. The van der Waals surface area contributed by atoms with Crippen LogP contribution < -0.4 is 5.32 Å². The number of rotatable bonds is 2.